The van der Waals surface area contributed by atoms with Gasteiger partial charge in [-0.3, -0.25) is 23.2 Å². The summed E-state index contributed by atoms with van der Waals surface area (Å²) in [5, 5.41) is 2.86. The number of carbonyl (C=O) groups excluding carboxylic acids is 2. The monoisotopic (exact) mass is 829 g/mol. The van der Waals surface area contributed by atoms with Crippen LogP contribution >= 0.6 is 11.6 Å². The molecule has 16 nitrogen and oxygen atoms in total. The molecule has 55 heavy (non-hydrogen) atoms. The predicted molar refractivity (Wildman–Crippen MR) is 202 cm³/mol. The van der Waals surface area contributed by atoms with Crippen molar-refractivity contribution in [1.29, 1.82) is 0 Å². The van der Waals surface area contributed by atoms with Crippen molar-refractivity contribution in [2.75, 3.05) is 17.3 Å². The van der Waals surface area contributed by atoms with E-state index in [1.54, 1.807) is 13.0 Å². The van der Waals surface area contributed by atoms with Gasteiger partial charge in [0, 0.05) is 29.7 Å². The third-order valence-corrected chi connectivity index (χ3v) is 10.8. The zero-order valence-electron chi connectivity index (χ0n) is 29.3. The fraction of sp³-hybridized carbons (Fsp3) is 0.171. The van der Waals surface area contributed by atoms with Crippen molar-refractivity contribution in [2.24, 2.45) is 0 Å². The molecule has 5 aromatic rings. The van der Waals surface area contributed by atoms with Crippen LogP contribution in [0.2, 0.25) is 5.28 Å². The molecule has 0 bridgehead atoms. The summed E-state index contributed by atoms with van der Waals surface area (Å²) in [6.45, 7) is 4.54. The van der Waals surface area contributed by atoms with Crippen LogP contribution in [0, 0.1) is 20.8 Å². The molecule has 1 heterocycles. The van der Waals surface area contributed by atoms with Crippen LogP contribution in [0.1, 0.15) is 71.3 Å². The van der Waals surface area contributed by atoms with E-state index in [2.05, 4.69) is 20.3 Å². The van der Waals surface area contributed by atoms with E-state index in [0.29, 0.717) is 29.6 Å². The number of anilines is 3. The number of nitrogens with two attached hydrogens (primary N) is 1. The molecule has 0 fully saturated rings. The Hall–Kier alpha value is -5.15. The average Bonchev–Trinajstić information content (AvgIpc) is 3.06. The van der Waals surface area contributed by atoms with E-state index < -0.39 is 63.0 Å². The summed E-state index contributed by atoms with van der Waals surface area (Å²) < 4.78 is 97.0. The normalized spacial score (nSPS) is 12.7. The zero-order chi connectivity index (χ0) is 40.8. The van der Waals surface area contributed by atoms with Crippen molar-refractivity contribution in [3.05, 3.63) is 128 Å². The van der Waals surface area contributed by atoms with E-state index in [-0.39, 0.29) is 56.7 Å². The Labute approximate surface area is 321 Å². The molecule has 20 heteroatoms. The maximum absolute atomic E-state index is 13.9. The van der Waals surface area contributed by atoms with Crippen molar-refractivity contribution in [3.8, 4) is 0 Å². The highest BCUT2D eigenvalue weighted by Gasteiger charge is 2.37. The predicted octanol–water partition coefficient (Wildman–Crippen LogP) is 4.73. The zero-order valence-corrected chi connectivity index (χ0v) is 32.5. The molecule has 0 saturated heterocycles. The topological polar surface area (TPSA) is 274 Å². The molecule has 1 aromatic heterocycles. The molecule has 0 unspecified atom stereocenters. The summed E-state index contributed by atoms with van der Waals surface area (Å²) in [6, 6.07) is 16.2. The molecule has 6 N–H and O–H groups in total. The van der Waals surface area contributed by atoms with Crippen LogP contribution in [-0.2, 0) is 43.2 Å². The van der Waals surface area contributed by atoms with Gasteiger partial charge in [-0.15, -0.1) is 0 Å². The lowest BCUT2D eigenvalue weighted by molar-refractivity contribution is 0.0980. The number of nitrogens with zero attached hydrogens (tertiary/aromatic N) is 3. The number of hydrogen-bond acceptors (Lipinski definition) is 13. The molecule has 1 aliphatic rings. The highest BCUT2D eigenvalue weighted by molar-refractivity contribution is 7.86. The van der Waals surface area contributed by atoms with Crippen LogP contribution in [0.5, 0.6) is 0 Å². The van der Waals surface area contributed by atoms with E-state index in [1.807, 2.05) is 30.3 Å². The smallest absolute Gasteiger partial charge is 0.296 e. The number of halogens is 1. The summed E-state index contributed by atoms with van der Waals surface area (Å²) >= 11 is 6.27. The molecule has 288 valence electrons. The van der Waals surface area contributed by atoms with Gasteiger partial charge in [0.15, 0.2) is 11.6 Å². The van der Waals surface area contributed by atoms with Gasteiger partial charge in [0.25, 0.3) is 30.4 Å². The minimum atomic E-state index is -5.04. The second-order valence-electron chi connectivity index (χ2n) is 12.4. The molecule has 1 aliphatic carbocycles. The number of benzene rings is 4. The van der Waals surface area contributed by atoms with E-state index >= 15 is 0 Å². The number of nitrogen functional groups attached to an aromatic ring is 1. The molecule has 0 atom stereocenters. The van der Waals surface area contributed by atoms with Crippen molar-refractivity contribution in [1.82, 2.24) is 15.0 Å². The van der Waals surface area contributed by atoms with Crippen molar-refractivity contribution >= 4 is 70.6 Å². The van der Waals surface area contributed by atoms with Crippen molar-refractivity contribution < 1.29 is 48.5 Å². The molecule has 6 rings (SSSR count). The van der Waals surface area contributed by atoms with Gasteiger partial charge in [-0.25, -0.2) is 15.0 Å². The fourth-order valence-electron chi connectivity index (χ4n) is 6.36. The summed E-state index contributed by atoms with van der Waals surface area (Å²) in [5.41, 5.74) is 6.42. The first-order valence-electron chi connectivity index (χ1n) is 15.8. The highest BCUT2D eigenvalue weighted by atomic mass is 35.5. The fourth-order valence-corrected chi connectivity index (χ4v) is 8.20. The van der Waals surface area contributed by atoms with Gasteiger partial charge in [-0.2, -0.15) is 25.3 Å². The lowest BCUT2D eigenvalue weighted by Gasteiger charge is -2.26. The number of aromatic nitrogens is 3. The Morgan fingerprint density at radius 1 is 0.709 bits per heavy atom. The third kappa shape index (κ3) is 8.89. The molecule has 0 radical (unpaired) electrons. The van der Waals surface area contributed by atoms with Gasteiger partial charge >= 0.3 is 0 Å². The van der Waals surface area contributed by atoms with Crippen LogP contribution in [-0.4, -0.2) is 71.7 Å². The standard InChI is InChI=1S/C34H28ClN5O8S2.CH4O3S/c1-16-22(14-26-38-25(39-34(35)40-26)13-19-9-5-4-6-10-19)17(2)33(50(46,47)48)18(3)30(16)37-23-15-24(49(43,44)45)29(36)28-27(23)31(41)20-11-7-8-12-21(20)32(28)42;1-5(2,3)4/h4-12,15,37H,13-14,36H2,1-3H3,(H,43,44,45)(H,46,47,48);1H3,(H,2,3,4). The van der Waals surface area contributed by atoms with Crippen LogP contribution in [0.4, 0.5) is 17.1 Å². The number of hydrogen-bond donors (Lipinski definition) is 5. The minimum absolute atomic E-state index is 0.0126. The van der Waals surface area contributed by atoms with Crippen molar-refractivity contribution in [2.45, 2.75) is 43.4 Å². The maximum atomic E-state index is 13.9. The molecule has 0 aliphatic heterocycles. The number of fused-ring (bicyclic) bond motifs is 2. The van der Waals surface area contributed by atoms with Gasteiger partial charge in [-0.05, 0) is 66.3 Å². The first-order chi connectivity index (χ1) is 25.5. The van der Waals surface area contributed by atoms with Crippen molar-refractivity contribution in [3.63, 3.8) is 0 Å². The number of carbonyl (C=O) groups is 2. The lowest BCUT2D eigenvalue weighted by atomic mass is 9.82. The average molecular weight is 830 g/mol. The Morgan fingerprint density at radius 2 is 1.22 bits per heavy atom. The summed E-state index contributed by atoms with van der Waals surface area (Å²) in [7, 11) is -13.6. The molecule has 0 saturated carbocycles. The molecular formula is C35H32ClN5O11S3. The second kappa shape index (κ2) is 15.2. The summed E-state index contributed by atoms with van der Waals surface area (Å²) in [6.07, 6.45) is 0.965. The van der Waals surface area contributed by atoms with Gasteiger partial charge in [0.2, 0.25) is 5.28 Å². The second-order valence-corrected chi connectivity index (χ2v) is 17.0. The Bertz CT molecular complexity index is 2750. The van der Waals surface area contributed by atoms with Gasteiger partial charge in [0.05, 0.1) is 28.8 Å². The largest absolute Gasteiger partial charge is 0.397 e. The Kier molecular flexibility index (Phi) is 11.3. The molecule has 0 spiro atoms. The SMILES string of the molecule is CS(=O)(=O)O.Cc1c(Cc2nc(Cl)nc(Cc3ccccc3)n2)c(C)c(S(=O)(=O)O)c(C)c1Nc1cc(S(=O)(=O)O)c(N)c2c1C(=O)c1ccccc1C2=O. The lowest BCUT2D eigenvalue weighted by Crippen LogP contribution is -2.25. The van der Waals surface area contributed by atoms with Gasteiger partial charge in [-0.1, -0.05) is 54.6 Å². The van der Waals surface area contributed by atoms with Crippen LogP contribution in [0.3, 0.4) is 0 Å². The molecule has 4 aromatic carbocycles. The Morgan fingerprint density at radius 3 is 1.75 bits per heavy atom. The van der Waals surface area contributed by atoms with Gasteiger partial charge in [0.1, 0.15) is 21.4 Å². The highest BCUT2D eigenvalue weighted by Crippen LogP contribution is 2.42. The number of rotatable bonds is 8. The first-order valence-corrected chi connectivity index (χ1v) is 20.9. The number of ketones is 2. The van der Waals surface area contributed by atoms with E-state index in [0.717, 1.165) is 11.6 Å². The number of nitrogens with one attached hydrogen (secondary N) is 1. The molecular weight excluding hydrogens is 798 g/mol. The molecule has 0 amide bonds. The summed E-state index contributed by atoms with van der Waals surface area (Å²) in [5.74, 6) is -0.878. The van der Waals surface area contributed by atoms with E-state index in [4.69, 9.17) is 21.9 Å². The quantitative estimate of drug-likeness (QED) is 0.102. The minimum Gasteiger partial charge on any atom is -0.397 e. The van der Waals surface area contributed by atoms with E-state index in [1.165, 1.54) is 32.0 Å². The first kappa shape index (κ1) is 41.0. The summed E-state index contributed by atoms with van der Waals surface area (Å²) in [4.78, 5) is 39.3. The third-order valence-electron chi connectivity index (χ3n) is 8.57. The van der Waals surface area contributed by atoms with E-state index in [9.17, 15) is 43.9 Å². The maximum Gasteiger partial charge on any atom is 0.296 e. The van der Waals surface area contributed by atoms with Crippen LogP contribution in [0.15, 0.2) is 70.5 Å². The van der Waals surface area contributed by atoms with Gasteiger partial charge < -0.3 is 11.1 Å². The van der Waals surface area contributed by atoms with Crippen LogP contribution in [0.25, 0.3) is 0 Å². The Balaban J connectivity index is 0.00000109. The van der Waals surface area contributed by atoms with Crippen LogP contribution < -0.4 is 11.1 Å².